The molecule has 0 aliphatic rings. The summed E-state index contributed by atoms with van der Waals surface area (Å²) >= 11 is 1.85. The van der Waals surface area contributed by atoms with Gasteiger partial charge in [-0.25, -0.2) is 0 Å². The summed E-state index contributed by atoms with van der Waals surface area (Å²) in [6, 6.07) is 41.7. The van der Waals surface area contributed by atoms with E-state index in [1.807, 2.05) is 53.8 Å². The van der Waals surface area contributed by atoms with Crippen LogP contribution in [0.2, 0.25) is 0 Å². The molecule has 0 N–H and O–H groups in total. The number of rotatable bonds is 2. The van der Waals surface area contributed by atoms with Gasteiger partial charge in [-0.15, -0.1) is 82.1 Å². The number of thiophene rings is 1. The summed E-state index contributed by atoms with van der Waals surface area (Å²) in [5.74, 6) is 0. The van der Waals surface area contributed by atoms with Crippen LogP contribution < -0.4 is 0 Å². The molecule has 0 aliphatic heterocycles. The molecule has 3 heterocycles. The van der Waals surface area contributed by atoms with Gasteiger partial charge in [0.1, 0.15) is 0 Å². The van der Waals surface area contributed by atoms with Crippen LogP contribution >= 0.6 is 11.3 Å². The van der Waals surface area contributed by atoms with Crippen molar-refractivity contribution < 1.29 is 20.1 Å². The van der Waals surface area contributed by atoms with E-state index in [1.54, 1.807) is 6.20 Å². The van der Waals surface area contributed by atoms with E-state index in [2.05, 4.69) is 91.6 Å². The molecule has 187 valence electrons. The molecule has 0 fully saturated rings. The second-order valence-electron chi connectivity index (χ2n) is 9.03. The average molecular weight is 685 g/mol. The average Bonchev–Trinajstić information content (AvgIpc) is 3.34. The van der Waals surface area contributed by atoms with Gasteiger partial charge in [-0.3, -0.25) is 4.98 Å². The maximum atomic E-state index is 5.05. The Morgan fingerprint density at radius 3 is 2.26 bits per heavy atom. The van der Waals surface area contributed by atoms with E-state index in [1.165, 1.54) is 31.1 Å². The Hall–Kier alpha value is -3.69. The number of para-hydroxylation sites is 1. The van der Waals surface area contributed by atoms with E-state index in [4.69, 9.17) is 4.98 Å². The molecular formula is C34H24IrN2S-2. The van der Waals surface area contributed by atoms with Gasteiger partial charge in [-0.2, -0.15) is 0 Å². The zero-order valence-corrected chi connectivity index (χ0v) is 24.2. The number of hydrogen-bond donors (Lipinski definition) is 0. The molecule has 2 nitrogen and oxygen atoms in total. The fraction of sp³-hybridized carbons (Fsp3) is 0.0588. The summed E-state index contributed by atoms with van der Waals surface area (Å²) in [4.78, 5) is 9.27. The molecule has 0 unspecified atom stereocenters. The minimum atomic E-state index is 0. The van der Waals surface area contributed by atoms with Crippen LogP contribution in [0.1, 0.15) is 11.1 Å². The van der Waals surface area contributed by atoms with Gasteiger partial charge in [0.05, 0.1) is 5.52 Å². The van der Waals surface area contributed by atoms with Gasteiger partial charge in [0.25, 0.3) is 0 Å². The molecule has 0 saturated heterocycles. The number of benzene rings is 4. The SMILES string of the molecule is Cc1[c-]c(-c2nc3ccccc3c3sc4ccccc4c23)cc(C)c1.[Ir].[c-]1ccccc1-c1ccccn1. The Balaban J connectivity index is 0.000000191. The minimum Gasteiger partial charge on any atom is -0.305 e. The number of aromatic nitrogens is 2. The maximum absolute atomic E-state index is 5.05. The molecule has 7 aromatic rings. The Bertz CT molecular complexity index is 1790. The van der Waals surface area contributed by atoms with Gasteiger partial charge in [-0.05, 0) is 40.4 Å². The van der Waals surface area contributed by atoms with Crippen LogP contribution in [0.5, 0.6) is 0 Å². The monoisotopic (exact) mass is 685 g/mol. The smallest absolute Gasteiger partial charge is 0.0610 e. The Morgan fingerprint density at radius 2 is 1.50 bits per heavy atom. The molecule has 0 amide bonds. The summed E-state index contributed by atoms with van der Waals surface area (Å²) in [5, 5.41) is 3.76. The van der Waals surface area contributed by atoms with Crippen molar-refractivity contribution in [2.24, 2.45) is 0 Å². The molecule has 0 saturated carbocycles. The summed E-state index contributed by atoms with van der Waals surface area (Å²) in [5.41, 5.74) is 7.57. The molecular weight excluding hydrogens is 661 g/mol. The van der Waals surface area contributed by atoms with Crippen molar-refractivity contribution in [1.82, 2.24) is 9.97 Å². The largest absolute Gasteiger partial charge is 0.305 e. The van der Waals surface area contributed by atoms with Crippen LogP contribution in [0, 0.1) is 26.0 Å². The van der Waals surface area contributed by atoms with E-state index in [9.17, 15) is 0 Å². The fourth-order valence-electron chi connectivity index (χ4n) is 4.70. The van der Waals surface area contributed by atoms with Gasteiger partial charge in [-0.1, -0.05) is 62.4 Å². The maximum Gasteiger partial charge on any atom is 0.0610 e. The first kappa shape index (κ1) is 25.9. The second kappa shape index (κ2) is 11.4. The molecule has 0 atom stereocenters. The minimum absolute atomic E-state index is 0. The fourth-order valence-corrected chi connectivity index (χ4v) is 5.94. The third-order valence-corrected chi connectivity index (χ3v) is 7.47. The molecule has 7 rings (SSSR count). The summed E-state index contributed by atoms with van der Waals surface area (Å²) in [6.45, 7) is 4.23. The van der Waals surface area contributed by atoms with Gasteiger partial charge in [0, 0.05) is 41.1 Å². The first-order chi connectivity index (χ1) is 18.2. The zero-order chi connectivity index (χ0) is 25.2. The van der Waals surface area contributed by atoms with Crippen molar-refractivity contribution >= 4 is 42.4 Å². The standard InChI is InChI=1S/C23H16NS.C11H8N.Ir/c1-14-11-15(2)13-16(12-14)22-21-18-8-4-6-10-20(18)25-23(21)17-7-3-5-9-19(17)24-22;1-2-6-10(7-3-1)11-8-4-5-9-12-11;/h3-12H,1-2H3;1-6,8-9H;/q2*-1;. The number of fused-ring (bicyclic) bond motifs is 5. The van der Waals surface area contributed by atoms with E-state index in [-0.39, 0.29) is 20.1 Å². The number of nitrogens with zero attached hydrogens (tertiary/aromatic N) is 2. The van der Waals surface area contributed by atoms with Gasteiger partial charge >= 0.3 is 0 Å². The topological polar surface area (TPSA) is 25.8 Å². The predicted octanol–water partition coefficient (Wildman–Crippen LogP) is 9.23. The number of aryl methyl sites for hydroxylation is 2. The van der Waals surface area contributed by atoms with Crippen molar-refractivity contribution in [2.45, 2.75) is 13.8 Å². The van der Waals surface area contributed by atoms with Crippen LogP contribution in [0.15, 0.2) is 109 Å². The normalized spacial score (nSPS) is 10.7. The molecule has 4 heteroatoms. The van der Waals surface area contributed by atoms with Crippen molar-refractivity contribution in [3.63, 3.8) is 0 Å². The van der Waals surface area contributed by atoms with Crippen molar-refractivity contribution in [2.75, 3.05) is 0 Å². The molecule has 0 aliphatic carbocycles. The second-order valence-corrected chi connectivity index (χ2v) is 10.1. The van der Waals surface area contributed by atoms with Crippen molar-refractivity contribution in [3.8, 4) is 22.5 Å². The summed E-state index contributed by atoms with van der Waals surface area (Å²) in [7, 11) is 0. The zero-order valence-electron chi connectivity index (χ0n) is 21.0. The third-order valence-electron chi connectivity index (χ3n) is 6.27. The first-order valence-corrected chi connectivity index (χ1v) is 13.1. The van der Waals surface area contributed by atoms with Gasteiger partial charge in [0.2, 0.25) is 0 Å². The van der Waals surface area contributed by atoms with Gasteiger partial charge in [0.15, 0.2) is 0 Å². The number of hydrogen-bond acceptors (Lipinski definition) is 3. The molecule has 4 aromatic carbocycles. The number of pyridine rings is 2. The van der Waals surface area contributed by atoms with E-state index in [0.29, 0.717) is 0 Å². The van der Waals surface area contributed by atoms with Crippen LogP contribution in [0.3, 0.4) is 0 Å². The van der Waals surface area contributed by atoms with E-state index in [0.717, 1.165) is 33.6 Å². The van der Waals surface area contributed by atoms with E-state index >= 15 is 0 Å². The van der Waals surface area contributed by atoms with Crippen LogP contribution in [0.25, 0.3) is 53.6 Å². The Kier molecular flexibility index (Phi) is 7.76. The quantitative estimate of drug-likeness (QED) is 0.170. The van der Waals surface area contributed by atoms with Crippen LogP contribution in [0.4, 0.5) is 0 Å². The predicted molar refractivity (Wildman–Crippen MR) is 157 cm³/mol. The van der Waals surface area contributed by atoms with Crippen molar-refractivity contribution in [1.29, 1.82) is 0 Å². The molecule has 38 heavy (non-hydrogen) atoms. The van der Waals surface area contributed by atoms with Gasteiger partial charge < -0.3 is 4.98 Å². The summed E-state index contributed by atoms with van der Waals surface area (Å²) < 4.78 is 2.62. The van der Waals surface area contributed by atoms with Crippen LogP contribution in [-0.4, -0.2) is 9.97 Å². The molecule has 0 bridgehead atoms. The Labute approximate surface area is 240 Å². The van der Waals surface area contributed by atoms with Crippen molar-refractivity contribution in [3.05, 3.63) is 133 Å². The van der Waals surface area contributed by atoms with Crippen LogP contribution in [-0.2, 0) is 20.1 Å². The summed E-state index contributed by atoms with van der Waals surface area (Å²) in [6.07, 6.45) is 1.79. The molecule has 0 spiro atoms. The van der Waals surface area contributed by atoms with E-state index < -0.39 is 0 Å². The Morgan fingerprint density at radius 1 is 0.737 bits per heavy atom. The first-order valence-electron chi connectivity index (χ1n) is 12.3. The third kappa shape index (κ3) is 5.16. The molecule has 3 aromatic heterocycles. The molecule has 1 radical (unpaired) electrons.